The van der Waals surface area contributed by atoms with E-state index in [1.165, 1.54) is 24.3 Å². The lowest BCUT2D eigenvalue weighted by molar-refractivity contribution is -0.192. The predicted molar refractivity (Wildman–Crippen MR) is 183 cm³/mol. The SMILES string of the molecule is CC(C)(C)OC(=O)Nc1ccc(-c2n[nH]c(=O)c3ccccc23)cc1F.Nc1ccc(-c2n[nH]c(=O)c3ccccc23)cc1F.O=C(O)C(F)(F)F. The van der Waals surface area contributed by atoms with Crippen molar-refractivity contribution in [2.24, 2.45) is 0 Å². The maximum absolute atomic E-state index is 14.4. The number of anilines is 2. The number of hydrogen-bond donors (Lipinski definition) is 5. The van der Waals surface area contributed by atoms with Crippen LogP contribution in [0.1, 0.15) is 20.8 Å². The molecule has 0 spiro atoms. The quantitative estimate of drug-likeness (QED) is 0.0942. The average molecular weight is 725 g/mol. The first kappa shape index (κ1) is 38.2. The van der Waals surface area contributed by atoms with Crippen molar-refractivity contribution in [2.75, 3.05) is 11.1 Å². The summed E-state index contributed by atoms with van der Waals surface area (Å²) in [4.78, 5) is 44.2. The van der Waals surface area contributed by atoms with Crippen LogP contribution in [-0.4, -0.2) is 49.3 Å². The highest BCUT2D eigenvalue weighted by atomic mass is 19.4. The fourth-order valence-electron chi connectivity index (χ4n) is 4.52. The topological polar surface area (TPSA) is 193 Å². The molecule has 0 aliphatic rings. The molecule has 2 heterocycles. The van der Waals surface area contributed by atoms with E-state index < -0.39 is 35.5 Å². The number of nitrogens with two attached hydrogens (primary N) is 1. The molecule has 0 saturated heterocycles. The van der Waals surface area contributed by atoms with Gasteiger partial charge in [0.2, 0.25) is 0 Å². The lowest BCUT2D eigenvalue weighted by Crippen LogP contribution is -2.27. The number of aromatic nitrogens is 4. The van der Waals surface area contributed by atoms with Gasteiger partial charge in [-0.3, -0.25) is 14.9 Å². The lowest BCUT2D eigenvalue weighted by atomic mass is 10.0. The van der Waals surface area contributed by atoms with E-state index in [4.69, 9.17) is 20.4 Å². The van der Waals surface area contributed by atoms with Gasteiger partial charge in [0.05, 0.1) is 33.5 Å². The number of H-pyrrole nitrogens is 2. The number of fused-ring (bicyclic) bond motifs is 2. The van der Waals surface area contributed by atoms with Crippen molar-refractivity contribution in [2.45, 2.75) is 32.5 Å². The Hall–Kier alpha value is -6.65. The minimum Gasteiger partial charge on any atom is -0.475 e. The van der Waals surface area contributed by atoms with E-state index in [9.17, 15) is 36.3 Å². The summed E-state index contributed by atoms with van der Waals surface area (Å²) in [5.41, 5.74) is 6.28. The third-order valence-electron chi connectivity index (χ3n) is 6.79. The number of rotatable bonds is 3. The van der Waals surface area contributed by atoms with Crippen molar-refractivity contribution in [1.82, 2.24) is 20.4 Å². The highest BCUT2D eigenvalue weighted by Crippen LogP contribution is 2.28. The molecule has 6 rings (SSSR count). The monoisotopic (exact) mass is 724 g/mol. The van der Waals surface area contributed by atoms with Crippen molar-refractivity contribution < 1.29 is 41.4 Å². The van der Waals surface area contributed by atoms with Crippen LogP contribution in [0.5, 0.6) is 0 Å². The summed E-state index contributed by atoms with van der Waals surface area (Å²) in [5.74, 6) is -3.90. The first-order chi connectivity index (χ1) is 24.4. The van der Waals surface area contributed by atoms with E-state index >= 15 is 0 Å². The van der Waals surface area contributed by atoms with Gasteiger partial charge in [-0.05, 0) is 57.2 Å². The number of ether oxygens (including phenoxy) is 1. The summed E-state index contributed by atoms with van der Waals surface area (Å²) >= 11 is 0. The number of amides is 1. The number of carboxylic acids is 1. The molecular weight excluding hydrogens is 695 g/mol. The van der Waals surface area contributed by atoms with Gasteiger partial charge in [-0.25, -0.2) is 28.6 Å². The van der Waals surface area contributed by atoms with E-state index in [0.717, 1.165) is 0 Å². The number of halogens is 5. The van der Waals surface area contributed by atoms with Crippen molar-refractivity contribution in [3.8, 4) is 22.5 Å². The minimum absolute atomic E-state index is 0.00303. The summed E-state index contributed by atoms with van der Waals surface area (Å²) in [5, 5.41) is 24.7. The van der Waals surface area contributed by atoms with E-state index in [1.54, 1.807) is 81.4 Å². The summed E-state index contributed by atoms with van der Waals surface area (Å²) < 4.78 is 64.8. The Morgan fingerprint density at radius 2 is 1.15 bits per heavy atom. The Morgan fingerprint density at radius 1 is 0.731 bits per heavy atom. The third kappa shape index (κ3) is 9.52. The van der Waals surface area contributed by atoms with Gasteiger partial charge < -0.3 is 15.6 Å². The van der Waals surface area contributed by atoms with Crippen LogP contribution in [0.2, 0.25) is 0 Å². The maximum atomic E-state index is 14.4. The van der Waals surface area contributed by atoms with Crippen LogP contribution in [0, 0.1) is 11.6 Å². The average Bonchev–Trinajstić information content (AvgIpc) is 3.07. The smallest absolute Gasteiger partial charge is 0.475 e. The number of nitrogens with one attached hydrogen (secondary N) is 3. The van der Waals surface area contributed by atoms with Crippen molar-refractivity contribution in [3.63, 3.8) is 0 Å². The molecule has 270 valence electrons. The van der Waals surface area contributed by atoms with Crippen LogP contribution < -0.4 is 22.2 Å². The number of hydrogen-bond acceptors (Lipinski definition) is 8. The van der Waals surface area contributed by atoms with Crippen molar-refractivity contribution in [3.05, 3.63) is 117 Å². The van der Waals surface area contributed by atoms with Crippen molar-refractivity contribution in [1.29, 1.82) is 0 Å². The first-order valence-electron chi connectivity index (χ1n) is 15.0. The molecule has 0 aliphatic carbocycles. The zero-order valence-electron chi connectivity index (χ0n) is 27.4. The van der Waals surface area contributed by atoms with E-state index in [1.807, 2.05) is 0 Å². The number of benzene rings is 4. The largest absolute Gasteiger partial charge is 0.490 e. The first-order valence-corrected chi connectivity index (χ1v) is 15.0. The Balaban J connectivity index is 0.000000203. The van der Waals surface area contributed by atoms with Gasteiger partial charge >= 0.3 is 18.2 Å². The number of aromatic amines is 2. The molecule has 0 aliphatic heterocycles. The molecule has 12 nitrogen and oxygen atoms in total. The number of carbonyl (C=O) groups excluding carboxylic acids is 1. The summed E-state index contributed by atoms with van der Waals surface area (Å²) in [6.07, 6.45) is -5.82. The third-order valence-corrected chi connectivity index (χ3v) is 6.79. The Morgan fingerprint density at radius 3 is 1.56 bits per heavy atom. The Labute approximate surface area is 290 Å². The van der Waals surface area contributed by atoms with Crippen LogP contribution in [0.25, 0.3) is 44.1 Å². The predicted octanol–water partition coefficient (Wildman–Crippen LogP) is 7.02. The second-order valence-corrected chi connectivity index (χ2v) is 11.8. The number of nitrogen functional groups attached to an aromatic ring is 1. The number of aliphatic carboxylic acids is 1. The van der Waals surface area contributed by atoms with Gasteiger partial charge in [-0.15, -0.1) is 0 Å². The molecule has 0 bridgehead atoms. The second kappa shape index (κ2) is 15.5. The molecule has 0 atom stereocenters. The molecule has 0 saturated carbocycles. The van der Waals surface area contributed by atoms with Crippen LogP contribution in [0.4, 0.5) is 38.1 Å². The summed E-state index contributed by atoms with van der Waals surface area (Å²) in [6, 6.07) is 22.8. The maximum Gasteiger partial charge on any atom is 0.490 e. The zero-order valence-corrected chi connectivity index (χ0v) is 27.4. The summed E-state index contributed by atoms with van der Waals surface area (Å²) in [6.45, 7) is 5.16. The molecule has 1 amide bonds. The fourth-order valence-corrected chi connectivity index (χ4v) is 4.52. The Kier molecular flexibility index (Phi) is 11.4. The molecule has 6 aromatic rings. The number of nitrogens with zero attached hydrogens (tertiary/aromatic N) is 2. The number of carboxylic acid groups (broad SMARTS) is 1. The lowest BCUT2D eigenvalue weighted by Gasteiger charge is -2.19. The van der Waals surface area contributed by atoms with E-state index in [-0.39, 0.29) is 22.5 Å². The molecule has 0 fully saturated rings. The molecule has 2 aromatic heterocycles. The molecule has 17 heteroatoms. The van der Waals surface area contributed by atoms with E-state index in [2.05, 4.69) is 25.7 Å². The number of alkyl halides is 3. The van der Waals surface area contributed by atoms with Gasteiger partial charge in [0.25, 0.3) is 11.1 Å². The van der Waals surface area contributed by atoms with Gasteiger partial charge in [0.1, 0.15) is 17.2 Å². The molecular formula is C35H29F5N6O6. The van der Waals surface area contributed by atoms with Crippen LogP contribution in [-0.2, 0) is 9.53 Å². The van der Waals surface area contributed by atoms with E-state index in [0.29, 0.717) is 44.1 Å². The summed E-state index contributed by atoms with van der Waals surface area (Å²) in [7, 11) is 0. The Bertz CT molecular complexity index is 2390. The minimum atomic E-state index is -5.08. The molecule has 6 N–H and O–H groups in total. The normalized spacial score (nSPS) is 11.2. The molecule has 0 unspecified atom stereocenters. The standard InChI is InChI=1S/C19H18FN3O3.C14H10FN3O.C2HF3O2/c1-19(2,3)26-18(25)21-15-9-8-11(10-14(15)20)16-12-6-4-5-7-13(12)17(24)23-22-16;15-11-7-8(5-6-12(11)16)13-9-3-1-2-4-10(9)14(19)18-17-13;3-2(4,5)1(6)7/h4-10H,1-3H3,(H,21,25)(H,23,24);1-7H,16H2,(H,18,19);(H,6,7). The van der Waals surface area contributed by atoms with Gasteiger partial charge in [-0.1, -0.05) is 48.5 Å². The zero-order chi connectivity index (χ0) is 38.4. The highest BCUT2D eigenvalue weighted by molar-refractivity contribution is 5.95. The highest BCUT2D eigenvalue weighted by Gasteiger charge is 2.38. The van der Waals surface area contributed by atoms with Crippen LogP contribution in [0.3, 0.4) is 0 Å². The second-order valence-electron chi connectivity index (χ2n) is 11.8. The van der Waals surface area contributed by atoms with Gasteiger partial charge in [-0.2, -0.15) is 23.4 Å². The molecule has 4 aromatic carbocycles. The van der Waals surface area contributed by atoms with Gasteiger partial charge in [0.15, 0.2) is 0 Å². The van der Waals surface area contributed by atoms with Crippen LogP contribution >= 0.6 is 0 Å². The fraction of sp³-hybridized carbons (Fsp3) is 0.143. The van der Waals surface area contributed by atoms with Crippen LogP contribution in [0.15, 0.2) is 94.5 Å². The van der Waals surface area contributed by atoms with Crippen molar-refractivity contribution >= 4 is 45.0 Å². The number of carbonyl (C=O) groups is 2. The van der Waals surface area contributed by atoms with Gasteiger partial charge in [0, 0.05) is 21.9 Å². The molecule has 52 heavy (non-hydrogen) atoms. The molecule has 0 radical (unpaired) electrons.